The summed E-state index contributed by atoms with van der Waals surface area (Å²) in [6, 6.07) is 5.35. The molecule has 6 heteroatoms. The summed E-state index contributed by atoms with van der Waals surface area (Å²) >= 11 is 3.34. The predicted molar refractivity (Wildman–Crippen MR) is 70.2 cm³/mol. The molecule has 0 aliphatic rings. The zero-order valence-corrected chi connectivity index (χ0v) is 11.1. The van der Waals surface area contributed by atoms with Crippen LogP contribution in [0.25, 0.3) is 10.9 Å². The van der Waals surface area contributed by atoms with Crippen molar-refractivity contribution in [3.05, 3.63) is 43.5 Å². The Hall–Kier alpha value is -1.40. The van der Waals surface area contributed by atoms with Gasteiger partial charge in [-0.1, -0.05) is 6.07 Å². The quantitative estimate of drug-likeness (QED) is 0.885. The van der Waals surface area contributed by atoms with Gasteiger partial charge in [-0.25, -0.2) is 9.36 Å². The Bertz CT molecular complexity index is 687. The second-order valence-corrected chi connectivity index (χ2v) is 4.57. The van der Waals surface area contributed by atoms with E-state index in [1.807, 2.05) is 0 Å². The molecule has 0 radical (unpaired) electrons. The lowest BCUT2D eigenvalue weighted by molar-refractivity contribution is 0.553. The van der Waals surface area contributed by atoms with E-state index in [0.717, 1.165) is 0 Å². The molecule has 0 aliphatic heterocycles. The van der Waals surface area contributed by atoms with Crippen molar-refractivity contribution in [1.82, 2.24) is 14.5 Å². The third kappa shape index (κ3) is 1.83. The van der Waals surface area contributed by atoms with Crippen LogP contribution in [0, 0.1) is 0 Å². The highest BCUT2D eigenvalue weighted by atomic mass is 79.9. The van der Waals surface area contributed by atoms with Crippen LogP contribution in [0.2, 0.25) is 0 Å². The molecule has 1 N–H and O–H groups in total. The summed E-state index contributed by atoms with van der Waals surface area (Å²) in [5, 5.41) is 3.33. The van der Waals surface area contributed by atoms with Crippen LogP contribution in [-0.2, 0) is 13.7 Å². The minimum absolute atomic E-state index is 0.197. The van der Waals surface area contributed by atoms with Gasteiger partial charge in [0, 0.05) is 11.5 Å². The molecule has 0 bridgehead atoms. The van der Waals surface area contributed by atoms with Crippen molar-refractivity contribution in [1.29, 1.82) is 0 Å². The van der Waals surface area contributed by atoms with Gasteiger partial charge in [-0.05, 0) is 35.1 Å². The van der Waals surface area contributed by atoms with Gasteiger partial charge in [0.1, 0.15) is 0 Å². The summed E-state index contributed by atoms with van der Waals surface area (Å²) in [6.45, 7) is 0.197. The third-order valence-electron chi connectivity index (χ3n) is 2.65. The van der Waals surface area contributed by atoms with E-state index in [9.17, 15) is 9.59 Å². The van der Waals surface area contributed by atoms with Gasteiger partial charge < -0.3 is 5.32 Å². The second kappa shape index (κ2) is 4.46. The zero-order valence-electron chi connectivity index (χ0n) is 9.53. The van der Waals surface area contributed by atoms with Crippen molar-refractivity contribution >= 4 is 26.8 Å². The SMILES string of the molecule is CNCn1c(=O)c2c(Br)cccc2n(C)c1=O. The summed E-state index contributed by atoms with van der Waals surface area (Å²) < 4.78 is 3.34. The number of aryl methyl sites for hydroxylation is 1. The average molecular weight is 298 g/mol. The number of benzene rings is 1. The molecule has 90 valence electrons. The van der Waals surface area contributed by atoms with Crippen molar-refractivity contribution in [3.63, 3.8) is 0 Å². The Morgan fingerprint density at radius 3 is 2.71 bits per heavy atom. The second-order valence-electron chi connectivity index (χ2n) is 3.72. The predicted octanol–water partition coefficient (Wildman–Crippen LogP) is 0.640. The number of nitrogens with one attached hydrogen (secondary N) is 1. The minimum atomic E-state index is -0.324. The molecule has 1 heterocycles. The Balaban J connectivity index is 3.02. The van der Waals surface area contributed by atoms with Gasteiger partial charge in [0.25, 0.3) is 5.56 Å². The average Bonchev–Trinajstić information content (AvgIpc) is 2.31. The first-order valence-corrected chi connectivity index (χ1v) is 5.90. The topological polar surface area (TPSA) is 56.0 Å². The fourth-order valence-corrected chi connectivity index (χ4v) is 2.33. The monoisotopic (exact) mass is 297 g/mol. The third-order valence-corrected chi connectivity index (χ3v) is 3.31. The van der Waals surface area contributed by atoms with Crippen LogP contribution in [-0.4, -0.2) is 16.2 Å². The highest BCUT2D eigenvalue weighted by Crippen LogP contribution is 2.18. The Morgan fingerprint density at radius 2 is 2.06 bits per heavy atom. The smallest absolute Gasteiger partial charge is 0.302 e. The first-order chi connectivity index (χ1) is 8.07. The number of fused-ring (bicyclic) bond motifs is 1. The molecule has 17 heavy (non-hydrogen) atoms. The molecule has 1 aromatic carbocycles. The van der Waals surface area contributed by atoms with Crippen molar-refractivity contribution in [2.24, 2.45) is 7.05 Å². The lowest BCUT2D eigenvalue weighted by atomic mass is 10.2. The van der Waals surface area contributed by atoms with Gasteiger partial charge in [-0.15, -0.1) is 0 Å². The summed E-state index contributed by atoms with van der Waals surface area (Å²) in [5.74, 6) is 0. The van der Waals surface area contributed by atoms with E-state index in [1.165, 1.54) is 9.13 Å². The van der Waals surface area contributed by atoms with Crippen LogP contribution in [0.15, 0.2) is 32.3 Å². The molecular weight excluding hydrogens is 286 g/mol. The normalized spacial score (nSPS) is 11.0. The van der Waals surface area contributed by atoms with Gasteiger partial charge in [0.15, 0.2) is 0 Å². The number of hydrogen-bond acceptors (Lipinski definition) is 3. The maximum Gasteiger partial charge on any atom is 0.332 e. The van der Waals surface area contributed by atoms with E-state index < -0.39 is 0 Å². The number of nitrogens with zero attached hydrogens (tertiary/aromatic N) is 2. The van der Waals surface area contributed by atoms with Crippen molar-refractivity contribution < 1.29 is 0 Å². The highest BCUT2D eigenvalue weighted by molar-refractivity contribution is 9.10. The van der Waals surface area contributed by atoms with Gasteiger partial charge in [0.05, 0.1) is 17.6 Å². The largest absolute Gasteiger partial charge is 0.332 e. The van der Waals surface area contributed by atoms with Gasteiger partial charge >= 0.3 is 5.69 Å². The molecule has 0 atom stereocenters. The van der Waals surface area contributed by atoms with E-state index in [4.69, 9.17) is 0 Å². The van der Waals surface area contributed by atoms with Crippen LogP contribution in [0.5, 0.6) is 0 Å². The molecule has 0 fully saturated rings. The van der Waals surface area contributed by atoms with Crippen molar-refractivity contribution in [3.8, 4) is 0 Å². The van der Waals surface area contributed by atoms with Gasteiger partial charge in [0.2, 0.25) is 0 Å². The maximum absolute atomic E-state index is 12.2. The maximum atomic E-state index is 12.2. The standard InChI is InChI=1S/C11H12BrN3O2/c1-13-6-15-10(16)9-7(12)4-3-5-8(9)14(2)11(15)17/h3-5,13H,6H2,1-2H3. The fourth-order valence-electron chi connectivity index (χ4n) is 1.81. The molecule has 1 aromatic heterocycles. The highest BCUT2D eigenvalue weighted by Gasteiger charge is 2.12. The zero-order chi connectivity index (χ0) is 12.6. The molecule has 0 spiro atoms. The summed E-state index contributed by atoms with van der Waals surface area (Å²) in [7, 11) is 3.35. The molecule has 2 rings (SSSR count). The molecule has 5 nitrogen and oxygen atoms in total. The van der Waals surface area contributed by atoms with Gasteiger partial charge in [-0.3, -0.25) is 9.36 Å². The molecule has 2 aromatic rings. The summed E-state index contributed by atoms with van der Waals surface area (Å²) in [6.07, 6.45) is 0. The summed E-state index contributed by atoms with van der Waals surface area (Å²) in [5.41, 5.74) is 0.0154. The fraction of sp³-hybridized carbons (Fsp3) is 0.273. The van der Waals surface area contributed by atoms with Crippen LogP contribution >= 0.6 is 15.9 Å². The van der Waals surface area contributed by atoms with Crippen LogP contribution < -0.4 is 16.6 Å². The Morgan fingerprint density at radius 1 is 1.35 bits per heavy atom. The lowest BCUT2D eigenvalue weighted by Gasteiger charge is -2.10. The molecule has 0 saturated carbocycles. The van der Waals surface area contributed by atoms with E-state index in [0.29, 0.717) is 15.4 Å². The van der Waals surface area contributed by atoms with Gasteiger partial charge in [-0.2, -0.15) is 0 Å². The molecule has 0 saturated heterocycles. The number of halogens is 1. The molecule has 0 aliphatic carbocycles. The van der Waals surface area contributed by atoms with Crippen molar-refractivity contribution in [2.45, 2.75) is 6.67 Å². The lowest BCUT2D eigenvalue weighted by Crippen LogP contribution is -2.41. The Kier molecular flexibility index (Phi) is 3.17. The molecule has 0 amide bonds. The molecular formula is C11H12BrN3O2. The first-order valence-electron chi connectivity index (χ1n) is 5.10. The minimum Gasteiger partial charge on any atom is -0.302 e. The van der Waals surface area contributed by atoms with Crippen LogP contribution in [0.4, 0.5) is 0 Å². The first kappa shape index (κ1) is 12.1. The number of rotatable bonds is 2. The Labute approximate surface area is 106 Å². The van der Waals surface area contributed by atoms with Crippen LogP contribution in [0.1, 0.15) is 0 Å². The number of hydrogen-bond donors (Lipinski definition) is 1. The van der Waals surface area contributed by atoms with E-state index in [1.54, 1.807) is 32.3 Å². The van der Waals surface area contributed by atoms with Crippen LogP contribution in [0.3, 0.4) is 0 Å². The van der Waals surface area contributed by atoms with E-state index >= 15 is 0 Å². The summed E-state index contributed by atoms with van der Waals surface area (Å²) in [4.78, 5) is 24.2. The molecule has 0 unspecified atom stereocenters. The van der Waals surface area contributed by atoms with E-state index in [2.05, 4.69) is 21.2 Å². The number of aromatic nitrogens is 2. The van der Waals surface area contributed by atoms with Crippen molar-refractivity contribution in [2.75, 3.05) is 7.05 Å². The van der Waals surface area contributed by atoms with E-state index in [-0.39, 0.29) is 17.9 Å².